The Kier molecular flexibility index (Phi) is 6.26. The van der Waals surface area contributed by atoms with Gasteiger partial charge in [0.1, 0.15) is 5.75 Å². The van der Waals surface area contributed by atoms with Crippen LogP contribution in [0.1, 0.15) is 43.7 Å². The zero-order valence-corrected chi connectivity index (χ0v) is 11.2. The highest BCUT2D eigenvalue weighted by atomic mass is 16.5. The van der Waals surface area contributed by atoms with E-state index in [1.165, 1.54) is 18.4 Å². The second kappa shape index (κ2) is 7.75. The Morgan fingerprint density at radius 2 is 2.06 bits per heavy atom. The van der Waals surface area contributed by atoms with Crippen molar-refractivity contribution >= 4 is 5.97 Å². The van der Waals surface area contributed by atoms with Crippen molar-refractivity contribution in [2.75, 3.05) is 7.11 Å². The lowest BCUT2D eigenvalue weighted by atomic mass is 10.0. The Morgan fingerprint density at radius 1 is 1.28 bits per heavy atom. The van der Waals surface area contributed by atoms with Crippen molar-refractivity contribution in [2.24, 2.45) is 0 Å². The number of carbonyl (C=O) groups is 1. The first kappa shape index (κ1) is 14.6. The molecule has 0 atom stereocenters. The summed E-state index contributed by atoms with van der Waals surface area (Å²) < 4.78 is 5.34. The van der Waals surface area contributed by atoms with Crippen LogP contribution < -0.4 is 4.74 Å². The van der Waals surface area contributed by atoms with Gasteiger partial charge in [0.15, 0.2) is 0 Å². The smallest absolute Gasteiger partial charge is 0.303 e. The highest BCUT2D eigenvalue weighted by molar-refractivity contribution is 5.67. The van der Waals surface area contributed by atoms with Gasteiger partial charge in [-0.15, -0.1) is 0 Å². The molecule has 1 rings (SSSR count). The first-order chi connectivity index (χ1) is 8.67. The van der Waals surface area contributed by atoms with Gasteiger partial charge in [0, 0.05) is 6.42 Å². The third-order valence-corrected chi connectivity index (χ3v) is 3.02. The Balaban J connectivity index is 2.70. The van der Waals surface area contributed by atoms with Crippen LogP contribution in [-0.4, -0.2) is 18.2 Å². The molecule has 0 fully saturated rings. The fraction of sp³-hybridized carbons (Fsp3) is 0.533. The third kappa shape index (κ3) is 4.78. The molecule has 1 N–H and O–H groups in total. The molecule has 3 heteroatoms. The fourth-order valence-electron chi connectivity index (χ4n) is 2.00. The van der Waals surface area contributed by atoms with Gasteiger partial charge in [0.05, 0.1) is 7.11 Å². The molecule has 0 aliphatic heterocycles. The van der Waals surface area contributed by atoms with Gasteiger partial charge in [-0.2, -0.15) is 0 Å². The van der Waals surface area contributed by atoms with Crippen LogP contribution in [0.15, 0.2) is 18.2 Å². The highest BCUT2D eigenvalue weighted by Crippen LogP contribution is 2.22. The largest absolute Gasteiger partial charge is 0.496 e. The number of hydrogen-bond donors (Lipinski definition) is 1. The molecule has 0 saturated carbocycles. The Morgan fingerprint density at radius 3 is 2.67 bits per heavy atom. The fourth-order valence-corrected chi connectivity index (χ4v) is 2.00. The van der Waals surface area contributed by atoms with Crippen molar-refractivity contribution in [1.82, 2.24) is 0 Å². The summed E-state index contributed by atoms with van der Waals surface area (Å²) in [5.74, 6) is 0.156. The van der Waals surface area contributed by atoms with Gasteiger partial charge in [0.25, 0.3) is 0 Å². The first-order valence-corrected chi connectivity index (χ1v) is 6.55. The molecular formula is C15H22O3. The SMILES string of the molecule is CCCCCc1cc(CCC(=O)O)ccc1OC. The van der Waals surface area contributed by atoms with E-state index in [9.17, 15) is 4.79 Å². The molecule has 0 aromatic heterocycles. The minimum atomic E-state index is -0.752. The highest BCUT2D eigenvalue weighted by Gasteiger charge is 2.06. The zero-order valence-electron chi connectivity index (χ0n) is 11.2. The van der Waals surface area contributed by atoms with Gasteiger partial charge >= 0.3 is 5.97 Å². The topological polar surface area (TPSA) is 46.5 Å². The Bertz CT molecular complexity index is 385. The summed E-state index contributed by atoms with van der Waals surface area (Å²) in [7, 11) is 1.68. The van der Waals surface area contributed by atoms with Crippen LogP contribution >= 0.6 is 0 Å². The number of unbranched alkanes of at least 4 members (excludes halogenated alkanes) is 2. The summed E-state index contributed by atoms with van der Waals surface area (Å²) >= 11 is 0. The summed E-state index contributed by atoms with van der Waals surface area (Å²) in [5.41, 5.74) is 2.26. The number of carboxylic acids is 1. The van der Waals surface area contributed by atoms with Crippen molar-refractivity contribution in [3.8, 4) is 5.75 Å². The number of carboxylic acid groups (broad SMARTS) is 1. The number of aryl methyl sites for hydroxylation is 2. The average Bonchev–Trinajstić information content (AvgIpc) is 2.37. The van der Waals surface area contributed by atoms with Crippen LogP contribution in [0.5, 0.6) is 5.75 Å². The maximum atomic E-state index is 10.6. The maximum Gasteiger partial charge on any atom is 0.303 e. The number of hydrogen-bond acceptors (Lipinski definition) is 2. The lowest BCUT2D eigenvalue weighted by molar-refractivity contribution is -0.136. The van der Waals surface area contributed by atoms with Crippen molar-refractivity contribution in [3.05, 3.63) is 29.3 Å². The molecule has 3 nitrogen and oxygen atoms in total. The van der Waals surface area contributed by atoms with Crippen LogP contribution in [0.4, 0.5) is 0 Å². The molecule has 0 spiro atoms. The van der Waals surface area contributed by atoms with Crippen LogP contribution in [0.25, 0.3) is 0 Å². The zero-order chi connectivity index (χ0) is 13.4. The molecule has 0 saturated heterocycles. The van der Waals surface area contributed by atoms with Crippen molar-refractivity contribution in [2.45, 2.75) is 45.4 Å². The summed E-state index contributed by atoms with van der Waals surface area (Å²) in [6, 6.07) is 5.97. The second-order valence-electron chi connectivity index (χ2n) is 4.50. The predicted octanol–water partition coefficient (Wildman–Crippen LogP) is 3.45. The van der Waals surface area contributed by atoms with Crippen LogP contribution in [0.2, 0.25) is 0 Å². The van der Waals surface area contributed by atoms with E-state index in [0.29, 0.717) is 6.42 Å². The van der Waals surface area contributed by atoms with Crippen LogP contribution in [0.3, 0.4) is 0 Å². The minimum Gasteiger partial charge on any atom is -0.496 e. The number of methoxy groups -OCH3 is 1. The summed E-state index contributed by atoms with van der Waals surface area (Å²) in [6.45, 7) is 2.18. The summed E-state index contributed by atoms with van der Waals surface area (Å²) in [6.07, 6.45) is 5.32. The van der Waals surface area contributed by atoms with Crippen molar-refractivity contribution in [3.63, 3.8) is 0 Å². The van der Waals surface area contributed by atoms with Gasteiger partial charge in [-0.05, 0) is 36.5 Å². The van der Waals surface area contributed by atoms with Gasteiger partial charge in [-0.1, -0.05) is 31.9 Å². The monoisotopic (exact) mass is 250 g/mol. The van der Waals surface area contributed by atoms with Gasteiger partial charge < -0.3 is 9.84 Å². The number of rotatable bonds is 8. The molecular weight excluding hydrogens is 228 g/mol. The lowest BCUT2D eigenvalue weighted by Crippen LogP contribution is -1.99. The van der Waals surface area contributed by atoms with E-state index in [0.717, 1.165) is 24.2 Å². The Labute approximate surface area is 109 Å². The van der Waals surface area contributed by atoms with Crippen LogP contribution in [0, 0.1) is 0 Å². The molecule has 0 unspecified atom stereocenters. The minimum absolute atomic E-state index is 0.181. The molecule has 0 aliphatic carbocycles. The molecule has 0 radical (unpaired) electrons. The van der Waals surface area contributed by atoms with E-state index in [1.807, 2.05) is 12.1 Å². The number of aliphatic carboxylic acids is 1. The van der Waals surface area contributed by atoms with E-state index in [1.54, 1.807) is 7.11 Å². The van der Waals surface area contributed by atoms with Crippen molar-refractivity contribution < 1.29 is 14.6 Å². The van der Waals surface area contributed by atoms with E-state index in [-0.39, 0.29) is 6.42 Å². The van der Waals surface area contributed by atoms with E-state index >= 15 is 0 Å². The molecule has 0 bridgehead atoms. The summed E-state index contributed by atoms with van der Waals surface area (Å²) in [4.78, 5) is 10.6. The van der Waals surface area contributed by atoms with E-state index < -0.39 is 5.97 Å². The lowest BCUT2D eigenvalue weighted by Gasteiger charge is -2.10. The standard InChI is InChI=1S/C15H22O3/c1-3-4-5-6-13-11-12(8-10-15(16)17)7-9-14(13)18-2/h7,9,11H,3-6,8,10H2,1-2H3,(H,16,17). The summed E-state index contributed by atoms with van der Waals surface area (Å²) in [5, 5.41) is 8.69. The molecule has 0 aliphatic rings. The van der Waals surface area contributed by atoms with E-state index in [4.69, 9.17) is 9.84 Å². The maximum absolute atomic E-state index is 10.6. The number of benzene rings is 1. The molecule has 18 heavy (non-hydrogen) atoms. The second-order valence-corrected chi connectivity index (χ2v) is 4.50. The number of ether oxygens (including phenoxy) is 1. The average molecular weight is 250 g/mol. The van der Waals surface area contributed by atoms with E-state index in [2.05, 4.69) is 13.0 Å². The van der Waals surface area contributed by atoms with Gasteiger partial charge in [-0.25, -0.2) is 0 Å². The third-order valence-electron chi connectivity index (χ3n) is 3.02. The first-order valence-electron chi connectivity index (χ1n) is 6.55. The molecule has 1 aromatic rings. The van der Waals surface area contributed by atoms with Crippen molar-refractivity contribution in [1.29, 1.82) is 0 Å². The molecule has 1 aromatic carbocycles. The Hall–Kier alpha value is -1.51. The van der Waals surface area contributed by atoms with Gasteiger partial charge in [0.2, 0.25) is 0 Å². The quantitative estimate of drug-likeness (QED) is 0.719. The predicted molar refractivity (Wildman–Crippen MR) is 72.2 cm³/mol. The molecule has 0 heterocycles. The van der Waals surface area contributed by atoms with Crippen LogP contribution in [-0.2, 0) is 17.6 Å². The molecule has 100 valence electrons. The molecule has 0 amide bonds. The van der Waals surface area contributed by atoms with Gasteiger partial charge in [-0.3, -0.25) is 4.79 Å². The normalized spacial score (nSPS) is 10.3.